The van der Waals surface area contributed by atoms with Gasteiger partial charge in [0.2, 0.25) is 5.13 Å². The van der Waals surface area contributed by atoms with E-state index in [-0.39, 0.29) is 12.5 Å². The zero-order chi connectivity index (χ0) is 19.2. The molecule has 1 N–H and O–H groups in total. The van der Waals surface area contributed by atoms with Crippen LogP contribution >= 0.6 is 46.3 Å². The molecule has 0 saturated carbocycles. The predicted molar refractivity (Wildman–Crippen MR) is 111 cm³/mol. The molecule has 27 heavy (non-hydrogen) atoms. The van der Waals surface area contributed by atoms with Crippen molar-refractivity contribution in [2.45, 2.75) is 17.0 Å². The number of nitrogens with zero attached hydrogens (tertiary/aromatic N) is 2. The predicted octanol–water partition coefficient (Wildman–Crippen LogP) is 5.46. The van der Waals surface area contributed by atoms with Crippen LogP contribution in [0.1, 0.15) is 11.1 Å². The highest BCUT2D eigenvalue weighted by Crippen LogP contribution is 2.31. The van der Waals surface area contributed by atoms with Crippen molar-refractivity contribution in [2.75, 3.05) is 11.9 Å². The second kappa shape index (κ2) is 9.41. The van der Waals surface area contributed by atoms with Crippen molar-refractivity contribution in [3.63, 3.8) is 0 Å². The molecule has 1 aromatic heterocycles. The first-order chi connectivity index (χ1) is 13.0. The summed E-state index contributed by atoms with van der Waals surface area (Å²) in [5.41, 5.74) is 2.03. The molecule has 3 aromatic rings. The molecule has 3 rings (SSSR count). The Morgan fingerprint density at radius 1 is 1.22 bits per heavy atom. The number of rotatable bonds is 7. The summed E-state index contributed by atoms with van der Waals surface area (Å²) in [6, 6.07) is 12.9. The van der Waals surface area contributed by atoms with Crippen molar-refractivity contribution in [3.05, 3.63) is 63.6 Å². The number of carbonyl (C=O) groups excluding carboxylic acids is 1. The van der Waals surface area contributed by atoms with Gasteiger partial charge in [0.05, 0.1) is 0 Å². The standard InChI is InChI=1S/C18H15Cl2N3O2S2/c1-11-3-2-4-14(7-11)25-9-16(24)21-17-22-23-18(27-17)26-10-12-5-6-13(19)8-15(12)20/h2-8H,9-10H2,1H3,(H,21,22,24). The zero-order valence-corrected chi connectivity index (χ0v) is 17.4. The van der Waals surface area contributed by atoms with Gasteiger partial charge in [-0.1, -0.05) is 64.5 Å². The summed E-state index contributed by atoms with van der Waals surface area (Å²) in [5.74, 6) is 0.998. The first-order valence-corrected chi connectivity index (χ1v) is 10.4. The van der Waals surface area contributed by atoms with E-state index in [9.17, 15) is 4.79 Å². The molecule has 2 aromatic carbocycles. The van der Waals surface area contributed by atoms with Crippen molar-refractivity contribution in [3.8, 4) is 5.75 Å². The van der Waals surface area contributed by atoms with Crippen molar-refractivity contribution in [1.82, 2.24) is 10.2 Å². The molecule has 140 valence electrons. The number of hydrogen-bond acceptors (Lipinski definition) is 6. The minimum absolute atomic E-state index is 0.0914. The lowest BCUT2D eigenvalue weighted by Gasteiger charge is -2.06. The van der Waals surface area contributed by atoms with Gasteiger partial charge in [0, 0.05) is 15.8 Å². The Labute approximate surface area is 175 Å². The van der Waals surface area contributed by atoms with Gasteiger partial charge in [-0.3, -0.25) is 10.1 Å². The summed E-state index contributed by atoms with van der Waals surface area (Å²) in [6.45, 7) is 1.87. The zero-order valence-electron chi connectivity index (χ0n) is 14.2. The number of anilines is 1. The number of aryl methyl sites for hydroxylation is 1. The largest absolute Gasteiger partial charge is 0.484 e. The first kappa shape index (κ1) is 19.9. The van der Waals surface area contributed by atoms with Gasteiger partial charge in [0.1, 0.15) is 5.75 Å². The number of halogens is 2. The van der Waals surface area contributed by atoms with Gasteiger partial charge in [-0.05, 0) is 42.3 Å². The third kappa shape index (κ3) is 6.10. The van der Waals surface area contributed by atoms with Crippen LogP contribution in [-0.4, -0.2) is 22.7 Å². The van der Waals surface area contributed by atoms with Gasteiger partial charge >= 0.3 is 0 Å². The SMILES string of the molecule is Cc1cccc(OCC(=O)Nc2nnc(SCc3ccc(Cl)cc3Cl)s2)c1. The van der Waals surface area contributed by atoms with E-state index in [4.69, 9.17) is 27.9 Å². The van der Waals surface area contributed by atoms with Gasteiger partial charge in [0.25, 0.3) is 5.91 Å². The maximum Gasteiger partial charge on any atom is 0.264 e. The number of carbonyl (C=O) groups is 1. The fraction of sp³-hybridized carbons (Fsp3) is 0.167. The summed E-state index contributed by atoms with van der Waals surface area (Å²) in [4.78, 5) is 12.0. The molecule has 5 nitrogen and oxygen atoms in total. The van der Waals surface area contributed by atoms with Gasteiger partial charge < -0.3 is 4.74 Å². The van der Waals surface area contributed by atoms with Crippen LogP contribution in [0.4, 0.5) is 5.13 Å². The highest BCUT2D eigenvalue weighted by Gasteiger charge is 2.10. The fourth-order valence-corrected chi connectivity index (χ4v) is 4.43. The third-order valence-corrected chi connectivity index (χ3v) is 5.99. The van der Waals surface area contributed by atoms with E-state index in [0.29, 0.717) is 26.7 Å². The summed E-state index contributed by atoms with van der Waals surface area (Å²) < 4.78 is 6.20. The molecule has 0 aliphatic heterocycles. The van der Waals surface area contributed by atoms with E-state index in [1.807, 2.05) is 37.3 Å². The van der Waals surface area contributed by atoms with Gasteiger partial charge in [-0.25, -0.2) is 0 Å². The van der Waals surface area contributed by atoms with Crippen LogP contribution in [0.3, 0.4) is 0 Å². The van der Waals surface area contributed by atoms with E-state index in [2.05, 4.69) is 15.5 Å². The lowest BCUT2D eigenvalue weighted by Crippen LogP contribution is -2.20. The molecule has 1 heterocycles. The molecule has 0 unspecified atom stereocenters. The monoisotopic (exact) mass is 439 g/mol. The molecule has 0 saturated heterocycles. The second-order valence-electron chi connectivity index (χ2n) is 5.55. The Hall–Kier alpha value is -1.80. The Kier molecular flexibility index (Phi) is 6.95. The summed E-state index contributed by atoms with van der Waals surface area (Å²) in [7, 11) is 0. The second-order valence-corrected chi connectivity index (χ2v) is 8.59. The third-order valence-electron chi connectivity index (χ3n) is 3.38. The van der Waals surface area contributed by atoms with E-state index >= 15 is 0 Å². The highest BCUT2D eigenvalue weighted by molar-refractivity contribution is 8.00. The lowest BCUT2D eigenvalue weighted by atomic mass is 10.2. The summed E-state index contributed by atoms with van der Waals surface area (Å²) >= 11 is 14.8. The normalized spacial score (nSPS) is 10.6. The Morgan fingerprint density at radius 3 is 2.85 bits per heavy atom. The lowest BCUT2D eigenvalue weighted by molar-refractivity contribution is -0.118. The van der Waals surface area contributed by atoms with Crippen LogP contribution in [0.25, 0.3) is 0 Å². The van der Waals surface area contributed by atoms with Crippen LogP contribution < -0.4 is 10.1 Å². The minimum Gasteiger partial charge on any atom is -0.484 e. The van der Waals surface area contributed by atoms with E-state index < -0.39 is 0 Å². The van der Waals surface area contributed by atoms with Crippen LogP contribution in [0.5, 0.6) is 5.75 Å². The number of ether oxygens (including phenoxy) is 1. The highest BCUT2D eigenvalue weighted by atomic mass is 35.5. The maximum absolute atomic E-state index is 12.0. The number of thioether (sulfide) groups is 1. The molecule has 0 bridgehead atoms. The van der Waals surface area contributed by atoms with Gasteiger partial charge in [-0.15, -0.1) is 10.2 Å². The van der Waals surface area contributed by atoms with E-state index in [1.165, 1.54) is 23.1 Å². The average molecular weight is 440 g/mol. The molecule has 0 atom stereocenters. The van der Waals surface area contributed by atoms with Crippen LogP contribution in [0, 0.1) is 6.92 Å². The topological polar surface area (TPSA) is 64.1 Å². The number of nitrogens with one attached hydrogen (secondary N) is 1. The Balaban J connectivity index is 1.49. The Morgan fingerprint density at radius 2 is 2.07 bits per heavy atom. The van der Waals surface area contributed by atoms with Crippen LogP contribution in [0.15, 0.2) is 46.8 Å². The number of benzene rings is 2. The van der Waals surface area contributed by atoms with Crippen LogP contribution in [-0.2, 0) is 10.5 Å². The number of aromatic nitrogens is 2. The maximum atomic E-state index is 12.0. The Bertz CT molecular complexity index is 950. The number of amides is 1. The van der Waals surface area contributed by atoms with Crippen molar-refractivity contribution in [1.29, 1.82) is 0 Å². The molecule has 0 radical (unpaired) electrons. The van der Waals surface area contributed by atoms with Crippen molar-refractivity contribution >= 4 is 57.3 Å². The van der Waals surface area contributed by atoms with Crippen LogP contribution in [0.2, 0.25) is 10.0 Å². The van der Waals surface area contributed by atoms with Crippen molar-refractivity contribution < 1.29 is 9.53 Å². The molecular weight excluding hydrogens is 425 g/mol. The molecule has 0 fully saturated rings. The van der Waals surface area contributed by atoms with Gasteiger partial charge in [-0.2, -0.15) is 0 Å². The average Bonchev–Trinajstić information content (AvgIpc) is 3.07. The quantitative estimate of drug-likeness (QED) is 0.390. The van der Waals surface area contributed by atoms with Crippen molar-refractivity contribution in [2.24, 2.45) is 0 Å². The molecule has 0 spiro atoms. The smallest absolute Gasteiger partial charge is 0.264 e. The van der Waals surface area contributed by atoms with Gasteiger partial charge in [0.15, 0.2) is 10.9 Å². The molecule has 0 aliphatic carbocycles. The van der Waals surface area contributed by atoms with E-state index in [0.717, 1.165) is 15.5 Å². The first-order valence-electron chi connectivity index (χ1n) is 7.89. The molecule has 0 aliphatic rings. The fourth-order valence-electron chi connectivity index (χ4n) is 2.11. The minimum atomic E-state index is -0.287. The molecule has 1 amide bonds. The van der Waals surface area contributed by atoms with E-state index in [1.54, 1.807) is 12.1 Å². The molecule has 9 heteroatoms. The number of hydrogen-bond donors (Lipinski definition) is 1. The summed E-state index contributed by atoms with van der Waals surface area (Å²) in [5, 5.41) is 12.4. The molecular formula is C18H15Cl2N3O2S2. The summed E-state index contributed by atoms with van der Waals surface area (Å²) in [6.07, 6.45) is 0.